The molecule has 3 aromatic rings. The summed E-state index contributed by atoms with van der Waals surface area (Å²) < 4.78 is 1.82. The van der Waals surface area contributed by atoms with Gasteiger partial charge in [0, 0.05) is 25.0 Å². The van der Waals surface area contributed by atoms with Gasteiger partial charge in [0.05, 0.1) is 6.54 Å². The second kappa shape index (κ2) is 11.8. The van der Waals surface area contributed by atoms with Crippen molar-refractivity contribution in [2.75, 3.05) is 13.3 Å². The fourth-order valence-electron chi connectivity index (χ4n) is 2.92. The Labute approximate surface area is 193 Å². The van der Waals surface area contributed by atoms with Gasteiger partial charge >= 0.3 is 0 Å². The van der Waals surface area contributed by atoms with Crippen LogP contribution >= 0.6 is 35.7 Å². The van der Waals surface area contributed by atoms with Gasteiger partial charge < -0.3 is 10.6 Å². The van der Waals surface area contributed by atoms with Crippen LogP contribution in [0.15, 0.2) is 65.0 Å². The molecule has 154 valence electrons. The normalized spacial score (nSPS) is 11.1. The Hall–Kier alpha value is -2.07. The second-order valence-corrected chi connectivity index (χ2v) is 7.36. The third kappa shape index (κ3) is 7.04. The zero-order valence-corrected chi connectivity index (χ0v) is 20.1. The first kappa shape index (κ1) is 23.2. The number of aliphatic imine (C=N–C) groups is 1. The van der Waals surface area contributed by atoms with Crippen LogP contribution in [0, 0.1) is 6.92 Å². The molecule has 1 heterocycles. The first-order chi connectivity index (χ1) is 13.7. The number of nitrogens with zero attached hydrogens (tertiary/aromatic N) is 4. The Morgan fingerprint density at radius 2 is 1.90 bits per heavy atom. The van der Waals surface area contributed by atoms with E-state index >= 15 is 0 Å². The molecule has 29 heavy (non-hydrogen) atoms. The summed E-state index contributed by atoms with van der Waals surface area (Å²) in [6.45, 7) is 4.27. The lowest BCUT2D eigenvalue weighted by atomic mass is 10.1. The van der Waals surface area contributed by atoms with Crippen molar-refractivity contribution in [2.45, 2.75) is 31.5 Å². The number of thioether (sulfide) groups is 1. The van der Waals surface area contributed by atoms with Crippen LogP contribution in [0.4, 0.5) is 0 Å². The van der Waals surface area contributed by atoms with Crippen LogP contribution in [-0.4, -0.2) is 34.0 Å². The van der Waals surface area contributed by atoms with Crippen LogP contribution < -0.4 is 10.6 Å². The van der Waals surface area contributed by atoms with Crippen molar-refractivity contribution in [3.05, 3.63) is 77.4 Å². The highest BCUT2D eigenvalue weighted by Crippen LogP contribution is 2.21. The minimum atomic E-state index is 0. The van der Waals surface area contributed by atoms with Crippen molar-refractivity contribution >= 4 is 41.7 Å². The summed E-state index contributed by atoms with van der Waals surface area (Å²) in [6, 6.07) is 15.0. The number of rotatable bonds is 7. The average Bonchev–Trinajstić information content (AvgIpc) is 3.22. The maximum atomic E-state index is 4.34. The molecule has 0 aliphatic carbocycles. The number of aromatic nitrogens is 3. The topological polar surface area (TPSA) is 67.1 Å². The van der Waals surface area contributed by atoms with Gasteiger partial charge in [0.1, 0.15) is 12.7 Å². The van der Waals surface area contributed by atoms with Crippen molar-refractivity contribution in [3.63, 3.8) is 0 Å². The van der Waals surface area contributed by atoms with Crippen LogP contribution in [0.2, 0.25) is 0 Å². The van der Waals surface area contributed by atoms with E-state index in [0.717, 1.165) is 12.5 Å². The molecule has 0 aliphatic heterocycles. The lowest BCUT2D eigenvalue weighted by Gasteiger charge is -2.14. The predicted octanol–water partition coefficient (Wildman–Crippen LogP) is 3.84. The van der Waals surface area contributed by atoms with Crippen LogP contribution in [-0.2, 0) is 19.6 Å². The highest BCUT2D eigenvalue weighted by atomic mass is 127. The maximum Gasteiger partial charge on any atom is 0.191 e. The highest BCUT2D eigenvalue weighted by molar-refractivity contribution is 14.0. The van der Waals surface area contributed by atoms with Crippen molar-refractivity contribution < 1.29 is 0 Å². The molecule has 6 nitrogen and oxygen atoms in total. The summed E-state index contributed by atoms with van der Waals surface area (Å²) in [7, 11) is 1.79. The number of aryl methyl sites for hydroxylation is 1. The van der Waals surface area contributed by atoms with E-state index in [-0.39, 0.29) is 24.0 Å². The van der Waals surface area contributed by atoms with Gasteiger partial charge in [-0.2, -0.15) is 5.10 Å². The number of nitrogens with one attached hydrogen (secondary N) is 2. The fourth-order valence-corrected chi connectivity index (χ4v) is 3.63. The zero-order chi connectivity index (χ0) is 19.8. The third-order valence-corrected chi connectivity index (χ3v) is 5.19. The first-order valence-electron chi connectivity index (χ1n) is 9.16. The number of hydrogen-bond acceptors (Lipinski definition) is 4. The molecule has 0 saturated heterocycles. The molecule has 0 saturated carbocycles. The smallest absolute Gasteiger partial charge is 0.191 e. The summed E-state index contributed by atoms with van der Waals surface area (Å²) in [5.41, 5.74) is 4.94. The lowest BCUT2D eigenvalue weighted by Crippen LogP contribution is -2.36. The Bertz CT molecular complexity index is 927. The molecule has 0 amide bonds. The molecule has 1 aromatic heterocycles. The zero-order valence-electron chi connectivity index (χ0n) is 16.9. The van der Waals surface area contributed by atoms with Crippen molar-refractivity contribution in [1.29, 1.82) is 0 Å². The van der Waals surface area contributed by atoms with Gasteiger partial charge in [-0.15, -0.1) is 35.7 Å². The first-order valence-corrected chi connectivity index (χ1v) is 10.4. The van der Waals surface area contributed by atoms with Crippen molar-refractivity contribution in [2.24, 2.45) is 4.99 Å². The van der Waals surface area contributed by atoms with Crippen LogP contribution in [0.3, 0.4) is 0 Å². The van der Waals surface area contributed by atoms with Crippen LogP contribution in [0.1, 0.15) is 22.3 Å². The van der Waals surface area contributed by atoms with Gasteiger partial charge in [-0.1, -0.05) is 36.4 Å². The molecule has 0 atom stereocenters. The van der Waals surface area contributed by atoms with Crippen molar-refractivity contribution in [1.82, 2.24) is 25.4 Å². The van der Waals surface area contributed by atoms with E-state index in [2.05, 4.69) is 81.4 Å². The molecular formula is C21H27IN6S. The van der Waals surface area contributed by atoms with E-state index in [4.69, 9.17) is 0 Å². The molecule has 0 fully saturated rings. The van der Waals surface area contributed by atoms with Gasteiger partial charge in [0.15, 0.2) is 5.96 Å². The summed E-state index contributed by atoms with van der Waals surface area (Å²) in [5, 5.41) is 11.0. The summed E-state index contributed by atoms with van der Waals surface area (Å²) >= 11 is 1.77. The van der Waals surface area contributed by atoms with E-state index in [9.17, 15) is 0 Å². The molecule has 0 aliphatic rings. The molecule has 0 bridgehead atoms. The van der Waals surface area contributed by atoms with E-state index < -0.39 is 0 Å². The number of benzene rings is 2. The SMILES string of the molecule is CN=C(NCc1cccc(Cn2cncn2)c1)NCc1ccc(C)cc1SC.I. The number of hydrogen-bond donors (Lipinski definition) is 2. The maximum absolute atomic E-state index is 4.34. The molecule has 2 aromatic carbocycles. The predicted molar refractivity (Wildman–Crippen MR) is 131 cm³/mol. The van der Waals surface area contributed by atoms with Gasteiger partial charge in [0.25, 0.3) is 0 Å². The van der Waals surface area contributed by atoms with Gasteiger partial charge in [-0.3, -0.25) is 4.99 Å². The van der Waals surface area contributed by atoms with Gasteiger partial charge in [0.2, 0.25) is 0 Å². The molecule has 0 spiro atoms. The Morgan fingerprint density at radius 3 is 2.62 bits per heavy atom. The number of guanidine groups is 1. The molecule has 2 N–H and O–H groups in total. The molecular weight excluding hydrogens is 495 g/mol. The Kier molecular flexibility index (Phi) is 9.46. The lowest BCUT2D eigenvalue weighted by molar-refractivity contribution is 0.683. The standard InChI is InChI=1S/C21H26N6S.HI/c1-16-7-8-19(20(9-16)28-3)12-25-21(22-2)24-11-17-5-4-6-18(10-17)13-27-15-23-14-26-27;/h4-10,14-15H,11-13H2,1-3H3,(H2,22,24,25);1H. The molecule has 0 unspecified atom stereocenters. The van der Waals surface area contributed by atoms with Gasteiger partial charge in [-0.05, 0) is 41.5 Å². The quantitative estimate of drug-likeness (QED) is 0.214. The molecule has 8 heteroatoms. The van der Waals surface area contributed by atoms with Crippen molar-refractivity contribution in [3.8, 4) is 0 Å². The molecule has 0 radical (unpaired) electrons. The average molecular weight is 522 g/mol. The fraction of sp³-hybridized carbons (Fsp3) is 0.286. The van der Waals surface area contributed by atoms with Gasteiger partial charge in [-0.25, -0.2) is 9.67 Å². The van der Waals surface area contributed by atoms with E-state index in [1.54, 1.807) is 31.5 Å². The Balaban J connectivity index is 0.00000300. The minimum Gasteiger partial charge on any atom is -0.352 e. The molecule has 3 rings (SSSR count). The third-order valence-electron chi connectivity index (χ3n) is 4.37. The largest absolute Gasteiger partial charge is 0.352 e. The number of halogens is 1. The van der Waals surface area contributed by atoms with E-state index in [1.807, 2.05) is 4.68 Å². The minimum absolute atomic E-state index is 0. The summed E-state index contributed by atoms with van der Waals surface area (Å²) in [4.78, 5) is 9.62. The van der Waals surface area contributed by atoms with Crippen LogP contribution in [0.25, 0.3) is 0 Å². The van der Waals surface area contributed by atoms with E-state index in [1.165, 1.54) is 27.1 Å². The summed E-state index contributed by atoms with van der Waals surface area (Å²) in [6.07, 6.45) is 5.39. The second-order valence-electron chi connectivity index (χ2n) is 6.51. The highest BCUT2D eigenvalue weighted by Gasteiger charge is 2.05. The Morgan fingerprint density at radius 1 is 1.10 bits per heavy atom. The van der Waals surface area contributed by atoms with Crippen LogP contribution in [0.5, 0.6) is 0 Å². The monoisotopic (exact) mass is 522 g/mol. The summed E-state index contributed by atoms with van der Waals surface area (Å²) in [5.74, 6) is 0.786. The van der Waals surface area contributed by atoms with E-state index in [0.29, 0.717) is 13.1 Å².